The molecule has 1 aromatic rings. The van der Waals surface area contributed by atoms with E-state index in [1.807, 2.05) is 11.3 Å². The van der Waals surface area contributed by atoms with Crippen LogP contribution in [0.4, 0.5) is 0 Å². The number of thiophene rings is 1. The second kappa shape index (κ2) is 5.52. The van der Waals surface area contributed by atoms with Crippen LogP contribution >= 0.6 is 11.3 Å². The van der Waals surface area contributed by atoms with Crippen LogP contribution in [0, 0.1) is 12.8 Å². The topological polar surface area (TPSA) is 12.0 Å². The highest BCUT2D eigenvalue weighted by Crippen LogP contribution is 2.26. The van der Waals surface area contributed by atoms with Gasteiger partial charge in [0.1, 0.15) is 0 Å². The van der Waals surface area contributed by atoms with Gasteiger partial charge >= 0.3 is 0 Å². The molecule has 0 aliphatic heterocycles. The molecule has 0 saturated carbocycles. The Labute approximate surface area is 91.5 Å². The van der Waals surface area contributed by atoms with Crippen molar-refractivity contribution in [2.24, 2.45) is 5.92 Å². The van der Waals surface area contributed by atoms with Gasteiger partial charge in [-0.15, -0.1) is 11.3 Å². The molecule has 1 rings (SSSR count). The molecule has 0 amide bonds. The number of aryl methyl sites for hydroxylation is 1. The van der Waals surface area contributed by atoms with E-state index in [9.17, 15) is 0 Å². The molecule has 0 fully saturated rings. The predicted molar refractivity (Wildman–Crippen MR) is 64.9 cm³/mol. The Morgan fingerprint density at radius 2 is 2.07 bits per heavy atom. The van der Waals surface area contributed by atoms with Crippen molar-refractivity contribution < 1.29 is 0 Å². The second-order valence-corrected chi connectivity index (χ2v) is 5.36. The van der Waals surface area contributed by atoms with E-state index in [-0.39, 0.29) is 0 Å². The van der Waals surface area contributed by atoms with E-state index in [2.05, 4.69) is 44.6 Å². The van der Waals surface area contributed by atoms with Gasteiger partial charge in [0, 0.05) is 10.9 Å². The lowest BCUT2D eigenvalue weighted by molar-refractivity contribution is 0.465. The molecule has 1 atom stereocenters. The summed E-state index contributed by atoms with van der Waals surface area (Å²) in [6, 6.07) is 2.80. The average Bonchev–Trinajstić information content (AvgIpc) is 2.53. The minimum absolute atomic E-state index is 0.545. The molecule has 0 spiro atoms. The molecule has 0 aliphatic carbocycles. The van der Waals surface area contributed by atoms with Crippen LogP contribution in [0.5, 0.6) is 0 Å². The lowest BCUT2D eigenvalue weighted by Gasteiger charge is -2.17. The van der Waals surface area contributed by atoms with E-state index in [1.165, 1.54) is 23.3 Å². The first-order valence-electron chi connectivity index (χ1n) is 5.36. The maximum absolute atomic E-state index is 3.41. The standard InChI is InChI=1S/C12H21NS/c1-9(2)5-6-12(13-4)11-7-8-14-10(11)3/h7-9,12-13H,5-6H2,1-4H3. The van der Waals surface area contributed by atoms with E-state index in [1.54, 1.807) is 0 Å². The molecule has 0 bridgehead atoms. The van der Waals surface area contributed by atoms with E-state index in [4.69, 9.17) is 0 Å². The van der Waals surface area contributed by atoms with E-state index < -0.39 is 0 Å². The third-order valence-electron chi connectivity index (χ3n) is 2.66. The fraction of sp³-hybridized carbons (Fsp3) is 0.667. The van der Waals surface area contributed by atoms with E-state index in [0.717, 1.165) is 5.92 Å². The van der Waals surface area contributed by atoms with Gasteiger partial charge in [0.2, 0.25) is 0 Å². The average molecular weight is 211 g/mol. The predicted octanol–water partition coefficient (Wildman–Crippen LogP) is 3.75. The van der Waals surface area contributed by atoms with Crippen molar-refractivity contribution in [2.45, 2.75) is 39.7 Å². The van der Waals surface area contributed by atoms with Gasteiger partial charge in [-0.2, -0.15) is 0 Å². The van der Waals surface area contributed by atoms with Gasteiger partial charge in [0.15, 0.2) is 0 Å². The van der Waals surface area contributed by atoms with Crippen molar-refractivity contribution in [1.82, 2.24) is 5.32 Å². The lowest BCUT2D eigenvalue weighted by Crippen LogP contribution is -2.17. The summed E-state index contributed by atoms with van der Waals surface area (Å²) < 4.78 is 0. The molecule has 0 radical (unpaired) electrons. The second-order valence-electron chi connectivity index (χ2n) is 4.24. The SMILES string of the molecule is CNC(CCC(C)C)c1ccsc1C. The Hall–Kier alpha value is -0.340. The van der Waals surface area contributed by atoms with E-state index >= 15 is 0 Å². The maximum atomic E-state index is 3.41. The Morgan fingerprint density at radius 1 is 1.36 bits per heavy atom. The highest BCUT2D eigenvalue weighted by atomic mass is 32.1. The van der Waals surface area contributed by atoms with E-state index in [0.29, 0.717) is 6.04 Å². The van der Waals surface area contributed by atoms with Crippen LogP contribution in [0.3, 0.4) is 0 Å². The Bertz CT molecular complexity index is 265. The van der Waals surface area contributed by atoms with Crippen molar-refractivity contribution in [3.05, 3.63) is 21.9 Å². The summed E-state index contributed by atoms with van der Waals surface area (Å²) >= 11 is 1.84. The number of hydrogen-bond acceptors (Lipinski definition) is 2. The zero-order valence-corrected chi connectivity index (χ0v) is 10.4. The van der Waals surface area contributed by atoms with Crippen LogP contribution < -0.4 is 5.32 Å². The molecule has 2 heteroatoms. The molecule has 80 valence electrons. The summed E-state index contributed by atoms with van der Waals surface area (Å²) in [6.45, 7) is 6.78. The van der Waals surface area contributed by atoms with Crippen molar-refractivity contribution >= 4 is 11.3 Å². The minimum atomic E-state index is 0.545. The van der Waals surface area contributed by atoms with Gasteiger partial charge in [-0.3, -0.25) is 0 Å². The fourth-order valence-corrected chi connectivity index (χ4v) is 2.48. The van der Waals surface area contributed by atoms with Crippen LogP contribution in [0.15, 0.2) is 11.4 Å². The zero-order valence-electron chi connectivity index (χ0n) is 9.63. The largest absolute Gasteiger partial charge is 0.313 e. The van der Waals surface area contributed by atoms with Gasteiger partial charge in [0.25, 0.3) is 0 Å². The Balaban J connectivity index is 2.58. The lowest BCUT2D eigenvalue weighted by atomic mass is 9.98. The van der Waals surface area contributed by atoms with Crippen LogP contribution in [0.2, 0.25) is 0 Å². The smallest absolute Gasteiger partial charge is 0.0328 e. The zero-order chi connectivity index (χ0) is 10.6. The summed E-state index contributed by atoms with van der Waals surface area (Å²) in [5.41, 5.74) is 1.48. The number of hydrogen-bond donors (Lipinski definition) is 1. The van der Waals surface area contributed by atoms with Gasteiger partial charge in [0.05, 0.1) is 0 Å². The van der Waals surface area contributed by atoms with Crippen molar-refractivity contribution in [2.75, 3.05) is 7.05 Å². The fourth-order valence-electron chi connectivity index (χ4n) is 1.71. The molecule has 0 aliphatic rings. The minimum Gasteiger partial charge on any atom is -0.313 e. The summed E-state index contributed by atoms with van der Waals surface area (Å²) in [5, 5.41) is 5.59. The molecule has 0 aromatic carbocycles. The Morgan fingerprint density at radius 3 is 2.50 bits per heavy atom. The quantitative estimate of drug-likeness (QED) is 0.782. The molecule has 1 unspecified atom stereocenters. The maximum Gasteiger partial charge on any atom is 0.0328 e. The first-order valence-corrected chi connectivity index (χ1v) is 6.24. The number of nitrogens with one attached hydrogen (secondary N) is 1. The van der Waals surface area contributed by atoms with Crippen molar-refractivity contribution in [3.8, 4) is 0 Å². The normalized spacial score (nSPS) is 13.5. The first-order chi connectivity index (χ1) is 6.65. The van der Waals surface area contributed by atoms with Gasteiger partial charge in [-0.05, 0) is 49.7 Å². The first kappa shape index (κ1) is 11.7. The van der Waals surface area contributed by atoms with Gasteiger partial charge < -0.3 is 5.32 Å². The van der Waals surface area contributed by atoms with Gasteiger partial charge in [-0.25, -0.2) is 0 Å². The van der Waals surface area contributed by atoms with Gasteiger partial charge in [-0.1, -0.05) is 13.8 Å². The van der Waals surface area contributed by atoms with Crippen LogP contribution in [-0.2, 0) is 0 Å². The third kappa shape index (κ3) is 3.10. The monoisotopic (exact) mass is 211 g/mol. The third-order valence-corrected chi connectivity index (χ3v) is 3.52. The van der Waals surface area contributed by atoms with Crippen LogP contribution in [0.25, 0.3) is 0 Å². The highest BCUT2D eigenvalue weighted by Gasteiger charge is 2.12. The van der Waals surface area contributed by atoms with Crippen LogP contribution in [-0.4, -0.2) is 7.05 Å². The molecular formula is C12H21NS. The number of rotatable bonds is 5. The summed E-state index contributed by atoms with van der Waals surface area (Å²) in [6.07, 6.45) is 2.53. The molecule has 1 heterocycles. The summed E-state index contributed by atoms with van der Waals surface area (Å²) in [7, 11) is 2.06. The summed E-state index contributed by atoms with van der Waals surface area (Å²) in [4.78, 5) is 1.45. The van der Waals surface area contributed by atoms with Crippen molar-refractivity contribution in [3.63, 3.8) is 0 Å². The molecule has 1 N–H and O–H groups in total. The molecule has 1 nitrogen and oxygen atoms in total. The Kier molecular flexibility index (Phi) is 4.63. The summed E-state index contributed by atoms with van der Waals surface area (Å²) in [5.74, 6) is 0.796. The molecule has 14 heavy (non-hydrogen) atoms. The van der Waals surface area contributed by atoms with Crippen LogP contribution in [0.1, 0.15) is 43.2 Å². The highest BCUT2D eigenvalue weighted by molar-refractivity contribution is 7.10. The molecular weight excluding hydrogens is 190 g/mol. The molecule has 0 saturated heterocycles. The molecule has 1 aromatic heterocycles. The van der Waals surface area contributed by atoms with Crippen molar-refractivity contribution in [1.29, 1.82) is 0 Å².